The summed E-state index contributed by atoms with van der Waals surface area (Å²) in [7, 11) is 0. The average Bonchev–Trinajstić information content (AvgIpc) is 2.85. The van der Waals surface area contributed by atoms with Gasteiger partial charge in [-0.05, 0) is 66.6 Å². The van der Waals surface area contributed by atoms with Crippen molar-refractivity contribution in [2.45, 2.75) is 25.8 Å². The maximum absolute atomic E-state index is 12.9. The van der Waals surface area contributed by atoms with Crippen LogP contribution >= 0.6 is 0 Å². The Morgan fingerprint density at radius 1 is 0.946 bits per heavy atom. The largest absolute Gasteiger partial charge is 0.481 e. The minimum absolute atomic E-state index is 0.138. The molecule has 0 fully saturated rings. The number of fused-ring (bicyclic) bond motifs is 3. The van der Waals surface area contributed by atoms with Crippen LogP contribution in [0.1, 0.15) is 39.4 Å². The van der Waals surface area contributed by atoms with Crippen molar-refractivity contribution < 1.29 is 29.4 Å². The van der Waals surface area contributed by atoms with E-state index in [9.17, 15) is 29.1 Å². The van der Waals surface area contributed by atoms with E-state index in [1.54, 1.807) is 31.2 Å². The molecule has 0 saturated heterocycles. The Morgan fingerprint density at radius 2 is 1.62 bits per heavy atom. The predicted octanol–water partition coefficient (Wildman–Crippen LogP) is 2.68. The van der Waals surface area contributed by atoms with E-state index in [0.29, 0.717) is 33.4 Å². The summed E-state index contributed by atoms with van der Waals surface area (Å²) < 4.78 is 0. The van der Waals surface area contributed by atoms with Crippen LogP contribution in [0.2, 0.25) is 0 Å². The van der Waals surface area contributed by atoms with Gasteiger partial charge in [0.05, 0.1) is 10.9 Å². The monoisotopic (exact) mass is 502 g/mol. The molecule has 0 aliphatic carbocycles. The molecule has 5 N–H and O–H groups in total. The Hall–Kier alpha value is -5.06. The number of rotatable bonds is 8. The number of nitrogens with one attached hydrogen (secondary N) is 3. The second-order valence-corrected chi connectivity index (χ2v) is 8.38. The maximum Gasteiger partial charge on any atom is 0.326 e. The molecular formula is C26H22N4O7. The van der Waals surface area contributed by atoms with E-state index in [-0.39, 0.29) is 17.5 Å². The van der Waals surface area contributed by atoms with Crippen LogP contribution in [0.15, 0.2) is 59.4 Å². The number of H-pyrrole nitrogens is 1. The fourth-order valence-corrected chi connectivity index (χ4v) is 3.89. The normalized spacial score (nSPS) is 11.7. The molecule has 1 atom stereocenters. The van der Waals surface area contributed by atoms with Crippen LogP contribution in [0.4, 0.5) is 5.69 Å². The van der Waals surface area contributed by atoms with E-state index in [1.807, 2.05) is 6.07 Å². The number of benzene rings is 3. The van der Waals surface area contributed by atoms with E-state index in [0.717, 1.165) is 5.39 Å². The minimum Gasteiger partial charge on any atom is -0.481 e. The number of aromatic nitrogens is 2. The fourth-order valence-electron chi connectivity index (χ4n) is 3.89. The SMILES string of the molecule is Cc1nc2ccc3ccc(C(=O)Nc4ccc(C(=O)N[C@@H](CCC(=O)O)C(=O)O)cc4)cc3c2c(=O)[nH]1. The molecule has 1 aromatic heterocycles. The first-order valence-corrected chi connectivity index (χ1v) is 11.2. The Labute approximate surface area is 209 Å². The number of carbonyl (C=O) groups excluding carboxylic acids is 2. The lowest BCUT2D eigenvalue weighted by Gasteiger charge is -2.14. The van der Waals surface area contributed by atoms with Crippen molar-refractivity contribution in [3.05, 3.63) is 81.9 Å². The van der Waals surface area contributed by atoms with E-state index in [4.69, 9.17) is 5.11 Å². The molecule has 3 aromatic carbocycles. The average molecular weight is 502 g/mol. The fraction of sp³-hybridized carbons (Fsp3) is 0.154. The number of aromatic amines is 1. The zero-order chi connectivity index (χ0) is 26.7. The number of carboxylic acids is 2. The highest BCUT2D eigenvalue weighted by Crippen LogP contribution is 2.23. The van der Waals surface area contributed by atoms with Gasteiger partial charge in [-0.2, -0.15) is 0 Å². The highest BCUT2D eigenvalue weighted by atomic mass is 16.4. The molecule has 4 aromatic rings. The molecule has 0 unspecified atom stereocenters. The van der Waals surface area contributed by atoms with Crippen molar-refractivity contribution in [2.75, 3.05) is 5.32 Å². The van der Waals surface area contributed by atoms with Gasteiger partial charge >= 0.3 is 11.9 Å². The number of aryl methyl sites for hydroxylation is 1. The van der Waals surface area contributed by atoms with Crippen LogP contribution in [0.3, 0.4) is 0 Å². The molecule has 2 amide bonds. The van der Waals surface area contributed by atoms with E-state index < -0.39 is 36.2 Å². The topological polar surface area (TPSA) is 179 Å². The number of aliphatic carboxylic acids is 2. The third-order valence-corrected chi connectivity index (χ3v) is 5.73. The van der Waals surface area contributed by atoms with Crippen molar-refractivity contribution >= 4 is 51.1 Å². The molecule has 0 spiro atoms. The van der Waals surface area contributed by atoms with Gasteiger partial charge in [0.25, 0.3) is 17.4 Å². The zero-order valence-electron chi connectivity index (χ0n) is 19.6. The van der Waals surface area contributed by atoms with Gasteiger partial charge in [-0.15, -0.1) is 0 Å². The van der Waals surface area contributed by atoms with E-state index in [1.165, 1.54) is 24.3 Å². The van der Waals surface area contributed by atoms with Crippen molar-refractivity contribution in [1.82, 2.24) is 15.3 Å². The Balaban J connectivity index is 1.50. The van der Waals surface area contributed by atoms with Gasteiger partial charge in [0.2, 0.25) is 0 Å². The first kappa shape index (κ1) is 25.0. The lowest BCUT2D eigenvalue weighted by atomic mass is 10.0. The van der Waals surface area contributed by atoms with Crippen LogP contribution in [0.5, 0.6) is 0 Å². The molecule has 188 valence electrons. The molecular weight excluding hydrogens is 480 g/mol. The van der Waals surface area contributed by atoms with Crippen molar-refractivity contribution in [3.63, 3.8) is 0 Å². The Kier molecular flexibility index (Phi) is 6.96. The number of amides is 2. The lowest BCUT2D eigenvalue weighted by molar-refractivity contribution is -0.140. The first-order valence-electron chi connectivity index (χ1n) is 11.2. The van der Waals surface area contributed by atoms with Crippen molar-refractivity contribution in [3.8, 4) is 0 Å². The van der Waals surface area contributed by atoms with E-state index in [2.05, 4.69) is 20.6 Å². The van der Waals surface area contributed by atoms with Gasteiger partial charge in [-0.3, -0.25) is 19.2 Å². The Morgan fingerprint density at radius 3 is 2.30 bits per heavy atom. The third-order valence-electron chi connectivity index (χ3n) is 5.73. The van der Waals surface area contributed by atoms with Gasteiger partial charge in [0.1, 0.15) is 11.9 Å². The highest BCUT2D eigenvalue weighted by molar-refractivity contribution is 6.11. The van der Waals surface area contributed by atoms with Gasteiger partial charge in [0, 0.05) is 23.2 Å². The molecule has 0 aliphatic heterocycles. The summed E-state index contributed by atoms with van der Waals surface area (Å²) in [6, 6.07) is 13.0. The van der Waals surface area contributed by atoms with Crippen molar-refractivity contribution in [2.24, 2.45) is 0 Å². The number of anilines is 1. The maximum atomic E-state index is 12.9. The molecule has 1 heterocycles. The summed E-state index contributed by atoms with van der Waals surface area (Å²) in [5.74, 6) is -3.15. The van der Waals surface area contributed by atoms with Crippen LogP contribution < -0.4 is 16.2 Å². The Bertz CT molecular complexity index is 1610. The van der Waals surface area contributed by atoms with E-state index >= 15 is 0 Å². The van der Waals surface area contributed by atoms with Crippen LogP contribution in [-0.2, 0) is 9.59 Å². The summed E-state index contributed by atoms with van der Waals surface area (Å²) >= 11 is 0. The predicted molar refractivity (Wildman–Crippen MR) is 135 cm³/mol. The number of nitrogens with zero attached hydrogens (tertiary/aromatic N) is 1. The standard InChI is InChI=1S/C26H22N4O7/c1-13-27-19-9-6-14-2-3-16(12-18(14)22(19)25(35)28-13)24(34)29-17-7-4-15(5-8-17)23(33)30-20(26(36)37)10-11-21(31)32/h2-9,12,20H,10-11H2,1H3,(H,29,34)(H,30,33)(H,31,32)(H,36,37)(H,27,28,35)/t20-/m0/s1. The van der Waals surface area contributed by atoms with Crippen molar-refractivity contribution in [1.29, 1.82) is 0 Å². The van der Waals surface area contributed by atoms with Gasteiger partial charge in [-0.1, -0.05) is 12.1 Å². The highest BCUT2D eigenvalue weighted by Gasteiger charge is 2.21. The number of carbonyl (C=O) groups is 4. The second kappa shape index (κ2) is 10.3. The summed E-state index contributed by atoms with van der Waals surface area (Å²) in [4.78, 5) is 66.9. The van der Waals surface area contributed by atoms with Gasteiger partial charge in [0.15, 0.2) is 0 Å². The minimum atomic E-state index is -1.35. The lowest BCUT2D eigenvalue weighted by Crippen LogP contribution is -2.41. The third kappa shape index (κ3) is 5.61. The molecule has 0 aliphatic rings. The van der Waals surface area contributed by atoms with Gasteiger partial charge in [-0.25, -0.2) is 9.78 Å². The quantitative estimate of drug-likeness (QED) is 0.228. The number of hydrogen-bond acceptors (Lipinski definition) is 6. The van der Waals surface area contributed by atoms with Crippen LogP contribution in [-0.4, -0.2) is 50.0 Å². The molecule has 0 bridgehead atoms. The number of hydrogen-bond donors (Lipinski definition) is 5. The molecule has 0 radical (unpaired) electrons. The second-order valence-electron chi connectivity index (χ2n) is 8.38. The first-order chi connectivity index (χ1) is 17.6. The smallest absolute Gasteiger partial charge is 0.326 e. The molecule has 11 heteroatoms. The van der Waals surface area contributed by atoms with Gasteiger partial charge < -0.3 is 25.8 Å². The molecule has 0 saturated carbocycles. The molecule has 4 rings (SSSR count). The molecule has 37 heavy (non-hydrogen) atoms. The van der Waals surface area contributed by atoms with Crippen LogP contribution in [0, 0.1) is 6.92 Å². The number of carboxylic acid groups (broad SMARTS) is 2. The summed E-state index contributed by atoms with van der Waals surface area (Å²) in [6.45, 7) is 1.69. The molecule has 11 nitrogen and oxygen atoms in total. The summed E-state index contributed by atoms with van der Waals surface area (Å²) in [5.41, 5.74) is 1.06. The zero-order valence-corrected chi connectivity index (χ0v) is 19.6. The summed E-state index contributed by atoms with van der Waals surface area (Å²) in [5, 5.41) is 24.7. The summed E-state index contributed by atoms with van der Waals surface area (Å²) in [6.07, 6.45) is -0.662. The van der Waals surface area contributed by atoms with Crippen LogP contribution in [0.25, 0.3) is 21.7 Å².